The van der Waals surface area contributed by atoms with Crippen molar-refractivity contribution in [2.45, 2.75) is 71.1 Å². The Morgan fingerprint density at radius 3 is 2.47 bits per heavy atom. The summed E-state index contributed by atoms with van der Waals surface area (Å²) in [4.78, 5) is 46.6. The molecule has 11 heteroatoms. The molecule has 1 aliphatic heterocycles. The molecule has 0 saturated heterocycles. The number of hydrogen-bond donors (Lipinski definition) is 4. The monoisotopic (exact) mass is 644 g/mol. The minimum atomic E-state index is -0.341. The second kappa shape index (κ2) is 17.4. The standard InChI is InChI=1S/C36H48N6O5/c1-25-21-42(26(2)24-43)36(46)20-28-19-29(13-14-32(28)47-33(25)23-41(3)22-27-15-17-38-18-16-27)39-34(44)11-5-4-6-12-35(45)40-31-10-8-7-9-30(31)37/h7-10,13-19,25-26,33,43H,4-6,11-12,20-24,37H2,1-3H3,(H,39,44)(H,40,45)/t25-,26+,33-/m1/s1. The number of aliphatic hydroxyl groups excluding tert-OH is 1. The normalized spacial score (nSPS) is 17.1. The molecule has 252 valence electrons. The first-order chi connectivity index (χ1) is 22.6. The van der Waals surface area contributed by atoms with Crippen LogP contribution in [0.5, 0.6) is 5.75 Å². The lowest BCUT2D eigenvalue weighted by atomic mass is 10.0. The van der Waals surface area contributed by atoms with Crippen molar-refractivity contribution in [1.82, 2.24) is 14.8 Å². The molecule has 1 aromatic heterocycles. The van der Waals surface area contributed by atoms with Crippen LogP contribution in [0.1, 0.15) is 57.1 Å². The Labute approximate surface area is 277 Å². The minimum Gasteiger partial charge on any atom is -0.488 e. The summed E-state index contributed by atoms with van der Waals surface area (Å²) in [5.74, 6) is 0.253. The van der Waals surface area contributed by atoms with E-state index in [1.54, 1.807) is 41.6 Å². The first-order valence-electron chi connectivity index (χ1n) is 16.3. The first-order valence-corrected chi connectivity index (χ1v) is 16.3. The number of rotatable bonds is 14. The molecule has 0 fully saturated rings. The highest BCUT2D eigenvalue weighted by atomic mass is 16.5. The van der Waals surface area contributed by atoms with Gasteiger partial charge < -0.3 is 31.1 Å². The molecule has 0 aliphatic carbocycles. The van der Waals surface area contributed by atoms with Gasteiger partial charge in [0.25, 0.3) is 0 Å². The van der Waals surface area contributed by atoms with Gasteiger partial charge in [-0.2, -0.15) is 0 Å². The van der Waals surface area contributed by atoms with Crippen molar-refractivity contribution in [3.05, 3.63) is 78.1 Å². The van der Waals surface area contributed by atoms with Gasteiger partial charge in [-0.3, -0.25) is 24.3 Å². The van der Waals surface area contributed by atoms with E-state index in [1.807, 2.05) is 44.3 Å². The predicted molar refractivity (Wildman–Crippen MR) is 184 cm³/mol. The van der Waals surface area contributed by atoms with Crippen LogP contribution in [-0.4, -0.2) is 76.5 Å². The van der Waals surface area contributed by atoms with Crippen LogP contribution < -0.4 is 21.1 Å². The molecule has 3 aromatic rings. The Bertz CT molecular complexity index is 1490. The summed E-state index contributed by atoms with van der Waals surface area (Å²) < 4.78 is 6.61. The van der Waals surface area contributed by atoms with Crippen molar-refractivity contribution < 1.29 is 24.2 Å². The topological polar surface area (TPSA) is 150 Å². The zero-order valence-electron chi connectivity index (χ0n) is 27.7. The number of pyridine rings is 1. The number of carbonyl (C=O) groups is 3. The highest BCUT2D eigenvalue weighted by Gasteiger charge is 2.31. The Morgan fingerprint density at radius 2 is 1.77 bits per heavy atom. The average Bonchev–Trinajstić information content (AvgIpc) is 3.09. The smallest absolute Gasteiger partial charge is 0.227 e. The van der Waals surface area contributed by atoms with Crippen molar-refractivity contribution in [3.63, 3.8) is 0 Å². The van der Waals surface area contributed by atoms with E-state index in [4.69, 9.17) is 10.5 Å². The molecule has 0 unspecified atom stereocenters. The lowest BCUT2D eigenvalue weighted by molar-refractivity contribution is -0.134. The van der Waals surface area contributed by atoms with Crippen molar-refractivity contribution in [2.24, 2.45) is 5.92 Å². The number of aliphatic hydroxyl groups is 1. The van der Waals surface area contributed by atoms with Gasteiger partial charge in [-0.1, -0.05) is 25.5 Å². The number of nitrogen functional groups attached to an aromatic ring is 1. The van der Waals surface area contributed by atoms with Crippen LogP contribution in [0.3, 0.4) is 0 Å². The number of ether oxygens (including phenoxy) is 1. The van der Waals surface area contributed by atoms with Crippen LogP contribution in [0.15, 0.2) is 67.0 Å². The van der Waals surface area contributed by atoms with Gasteiger partial charge >= 0.3 is 0 Å². The fraction of sp³-hybridized carbons (Fsp3) is 0.444. The Kier molecular flexibility index (Phi) is 13.1. The molecule has 2 heterocycles. The van der Waals surface area contributed by atoms with E-state index in [2.05, 4.69) is 27.4 Å². The summed E-state index contributed by atoms with van der Waals surface area (Å²) in [5.41, 5.74) is 9.42. The summed E-state index contributed by atoms with van der Waals surface area (Å²) in [6.07, 6.45) is 6.10. The molecule has 0 saturated carbocycles. The number of nitrogens with two attached hydrogens (primary N) is 1. The predicted octanol–water partition coefficient (Wildman–Crippen LogP) is 4.47. The molecule has 5 N–H and O–H groups in total. The number of hydrogen-bond acceptors (Lipinski definition) is 8. The van der Waals surface area contributed by atoms with Gasteiger partial charge in [0.2, 0.25) is 17.7 Å². The zero-order valence-corrected chi connectivity index (χ0v) is 27.7. The van der Waals surface area contributed by atoms with E-state index in [0.29, 0.717) is 67.1 Å². The molecular formula is C36H48N6O5. The number of aromatic nitrogens is 1. The maximum atomic E-state index is 13.5. The molecule has 0 bridgehead atoms. The van der Waals surface area contributed by atoms with Crippen molar-refractivity contribution in [3.8, 4) is 5.75 Å². The van der Waals surface area contributed by atoms with Gasteiger partial charge in [0.15, 0.2) is 0 Å². The van der Waals surface area contributed by atoms with E-state index < -0.39 is 0 Å². The molecule has 4 rings (SSSR count). The van der Waals surface area contributed by atoms with Gasteiger partial charge in [0, 0.05) is 62.0 Å². The Hall–Kier alpha value is -4.48. The quantitative estimate of drug-likeness (QED) is 0.148. The number of fused-ring (bicyclic) bond motifs is 1. The van der Waals surface area contributed by atoms with Crippen molar-refractivity contribution in [1.29, 1.82) is 0 Å². The third-order valence-electron chi connectivity index (χ3n) is 8.44. The molecule has 47 heavy (non-hydrogen) atoms. The molecule has 11 nitrogen and oxygen atoms in total. The minimum absolute atomic E-state index is 0.0132. The number of benzene rings is 2. The van der Waals surface area contributed by atoms with Crippen LogP contribution in [-0.2, 0) is 27.3 Å². The molecule has 0 spiro atoms. The van der Waals surface area contributed by atoms with Crippen molar-refractivity contribution >= 4 is 34.8 Å². The number of amides is 3. The maximum absolute atomic E-state index is 13.5. The van der Waals surface area contributed by atoms with Gasteiger partial charge in [-0.25, -0.2) is 0 Å². The fourth-order valence-electron chi connectivity index (χ4n) is 5.69. The molecule has 0 radical (unpaired) electrons. The maximum Gasteiger partial charge on any atom is 0.227 e. The summed E-state index contributed by atoms with van der Waals surface area (Å²) >= 11 is 0. The van der Waals surface area contributed by atoms with E-state index >= 15 is 0 Å². The van der Waals surface area contributed by atoms with E-state index in [9.17, 15) is 19.5 Å². The Morgan fingerprint density at radius 1 is 1.06 bits per heavy atom. The van der Waals surface area contributed by atoms with Crippen LogP contribution in [0.25, 0.3) is 0 Å². The summed E-state index contributed by atoms with van der Waals surface area (Å²) in [6, 6.07) is 16.2. The van der Waals surface area contributed by atoms with Crippen LogP contribution in [0, 0.1) is 5.92 Å². The number of anilines is 3. The number of likely N-dealkylation sites (N-methyl/N-ethyl adjacent to an activating group) is 1. The number of carbonyl (C=O) groups excluding carboxylic acids is 3. The van der Waals surface area contributed by atoms with Crippen molar-refractivity contribution in [2.75, 3.05) is 43.1 Å². The second-order valence-corrected chi connectivity index (χ2v) is 12.5. The van der Waals surface area contributed by atoms with Gasteiger partial charge in [-0.15, -0.1) is 0 Å². The average molecular weight is 645 g/mol. The summed E-state index contributed by atoms with van der Waals surface area (Å²) in [7, 11) is 2.04. The number of para-hydroxylation sites is 2. The van der Waals surface area contributed by atoms with Crippen LogP contribution in [0.4, 0.5) is 17.1 Å². The zero-order chi connectivity index (χ0) is 33.8. The highest BCUT2D eigenvalue weighted by Crippen LogP contribution is 2.29. The summed E-state index contributed by atoms with van der Waals surface area (Å²) in [5, 5.41) is 15.7. The van der Waals surface area contributed by atoms with Crippen LogP contribution in [0.2, 0.25) is 0 Å². The first kappa shape index (κ1) is 35.4. The van der Waals surface area contributed by atoms with Gasteiger partial charge in [0.1, 0.15) is 11.9 Å². The molecule has 2 aromatic carbocycles. The molecule has 1 aliphatic rings. The fourth-order valence-corrected chi connectivity index (χ4v) is 5.69. The van der Waals surface area contributed by atoms with Crippen LogP contribution >= 0.6 is 0 Å². The summed E-state index contributed by atoms with van der Waals surface area (Å²) in [6.45, 7) is 5.57. The molecule has 3 atom stereocenters. The van der Waals surface area contributed by atoms with Gasteiger partial charge in [0.05, 0.1) is 30.4 Å². The van der Waals surface area contributed by atoms with Gasteiger partial charge in [-0.05, 0) is 74.8 Å². The largest absolute Gasteiger partial charge is 0.488 e. The van der Waals surface area contributed by atoms with E-state index in [1.165, 1.54) is 0 Å². The Balaban J connectivity index is 1.36. The number of nitrogens with zero attached hydrogens (tertiary/aromatic N) is 3. The lowest BCUT2D eigenvalue weighted by Crippen LogP contribution is -2.47. The number of nitrogens with one attached hydrogen (secondary N) is 2. The highest BCUT2D eigenvalue weighted by molar-refractivity contribution is 5.94. The lowest BCUT2D eigenvalue weighted by Gasteiger charge is -2.34. The third-order valence-corrected chi connectivity index (χ3v) is 8.44. The second-order valence-electron chi connectivity index (χ2n) is 12.5. The van der Waals surface area contributed by atoms with E-state index in [0.717, 1.165) is 18.5 Å². The SMILES string of the molecule is C[C@@H]1CN([C@@H](C)CO)C(=O)Cc2cc(NC(=O)CCCCCC(=O)Nc3ccccc3N)ccc2O[C@@H]1CN(C)Cc1ccncc1. The van der Waals surface area contributed by atoms with E-state index in [-0.39, 0.29) is 48.8 Å². The molecule has 3 amide bonds. The number of unbranched alkanes of at least 4 members (excludes halogenated alkanes) is 2. The third kappa shape index (κ3) is 10.8. The molecular weight excluding hydrogens is 596 g/mol.